The fraction of sp³-hybridized carbons (Fsp3) is 0.263. The number of amides is 2. The minimum absolute atomic E-state index is 0.138. The first-order valence-corrected chi connectivity index (χ1v) is 9.15. The molecule has 7 heteroatoms. The van der Waals surface area contributed by atoms with Crippen molar-refractivity contribution in [1.29, 1.82) is 0 Å². The molecule has 0 aliphatic rings. The number of carbonyl (C=O) groups excluding carboxylic acids is 2. The Morgan fingerprint density at radius 1 is 1.04 bits per heavy atom. The van der Waals surface area contributed by atoms with Crippen LogP contribution in [0.25, 0.3) is 0 Å². The number of nitrogens with zero attached hydrogens (tertiary/aromatic N) is 1. The number of likely N-dealkylation sites (N-methyl/N-ethyl adjacent to an activating group) is 1. The van der Waals surface area contributed by atoms with E-state index in [9.17, 15) is 9.59 Å². The van der Waals surface area contributed by atoms with Gasteiger partial charge in [-0.15, -0.1) is 0 Å². The van der Waals surface area contributed by atoms with Gasteiger partial charge in [0.1, 0.15) is 6.04 Å². The van der Waals surface area contributed by atoms with Crippen LogP contribution in [0.3, 0.4) is 0 Å². The van der Waals surface area contributed by atoms with E-state index in [0.29, 0.717) is 20.6 Å². The highest BCUT2D eigenvalue weighted by molar-refractivity contribution is 6.36. The predicted octanol–water partition coefficient (Wildman–Crippen LogP) is 4.35. The number of hydrogen-bond acceptors (Lipinski definition) is 2. The van der Waals surface area contributed by atoms with Gasteiger partial charge < -0.3 is 10.2 Å². The topological polar surface area (TPSA) is 49.4 Å². The van der Waals surface area contributed by atoms with Gasteiger partial charge in [-0.2, -0.15) is 0 Å². The van der Waals surface area contributed by atoms with Crippen LogP contribution in [0.15, 0.2) is 42.5 Å². The van der Waals surface area contributed by atoms with E-state index >= 15 is 0 Å². The zero-order valence-corrected chi connectivity index (χ0v) is 16.7. The molecule has 26 heavy (non-hydrogen) atoms. The molecule has 0 radical (unpaired) electrons. The van der Waals surface area contributed by atoms with Crippen LogP contribution in [-0.2, 0) is 22.6 Å². The Balaban J connectivity index is 2.29. The van der Waals surface area contributed by atoms with Crippen molar-refractivity contribution in [1.82, 2.24) is 10.2 Å². The molecule has 0 saturated heterocycles. The lowest BCUT2D eigenvalue weighted by Gasteiger charge is -2.29. The predicted molar refractivity (Wildman–Crippen MR) is 106 cm³/mol. The number of carbonyl (C=O) groups is 2. The van der Waals surface area contributed by atoms with Gasteiger partial charge in [-0.1, -0.05) is 53.0 Å². The molecule has 0 bridgehead atoms. The maximum absolute atomic E-state index is 12.9. The Bertz CT molecular complexity index is 774. The summed E-state index contributed by atoms with van der Waals surface area (Å²) >= 11 is 18.4. The van der Waals surface area contributed by atoms with E-state index in [1.165, 1.54) is 11.9 Å². The van der Waals surface area contributed by atoms with Crippen LogP contribution in [-0.4, -0.2) is 29.8 Å². The van der Waals surface area contributed by atoms with E-state index in [1.54, 1.807) is 49.4 Å². The molecule has 2 rings (SSSR count). The summed E-state index contributed by atoms with van der Waals surface area (Å²) in [7, 11) is 1.53. The van der Waals surface area contributed by atoms with Crippen molar-refractivity contribution in [3.8, 4) is 0 Å². The van der Waals surface area contributed by atoms with E-state index in [4.69, 9.17) is 34.8 Å². The largest absolute Gasteiger partial charge is 0.357 e. The second-order valence-corrected chi connectivity index (χ2v) is 7.07. The van der Waals surface area contributed by atoms with Gasteiger partial charge in [0.15, 0.2) is 0 Å². The first kappa shape index (κ1) is 20.6. The second kappa shape index (κ2) is 9.26. The van der Waals surface area contributed by atoms with E-state index in [0.717, 1.165) is 5.56 Å². The maximum Gasteiger partial charge on any atom is 0.242 e. The smallest absolute Gasteiger partial charge is 0.242 e. The molecule has 0 saturated carbocycles. The lowest BCUT2D eigenvalue weighted by molar-refractivity contribution is -0.139. The van der Waals surface area contributed by atoms with Crippen LogP contribution in [0.5, 0.6) is 0 Å². The van der Waals surface area contributed by atoms with E-state index in [-0.39, 0.29) is 24.8 Å². The Hall–Kier alpha value is -1.75. The second-order valence-electron chi connectivity index (χ2n) is 5.82. The third-order valence-corrected chi connectivity index (χ3v) is 5.03. The highest BCUT2D eigenvalue weighted by Gasteiger charge is 2.26. The number of nitrogens with one attached hydrogen (secondary N) is 1. The van der Waals surface area contributed by atoms with Crippen LogP contribution < -0.4 is 5.32 Å². The first-order valence-electron chi connectivity index (χ1n) is 8.02. The van der Waals surface area contributed by atoms with Gasteiger partial charge in [-0.25, -0.2) is 0 Å². The molecular weight excluding hydrogens is 395 g/mol. The van der Waals surface area contributed by atoms with E-state index < -0.39 is 6.04 Å². The average Bonchev–Trinajstić information content (AvgIpc) is 2.62. The summed E-state index contributed by atoms with van der Waals surface area (Å²) in [5.74, 6) is -0.475. The highest BCUT2D eigenvalue weighted by atomic mass is 35.5. The van der Waals surface area contributed by atoms with Crippen LogP contribution in [0.2, 0.25) is 15.1 Å². The molecule has 0 aromatic heterocycles. The molecule has 0 fully saturated rings. The maximum atomic E-state index is 12.9. The molecule has 0 heterocycles. The van der Waals surface area contributed by atoms with Crippen molar-refractivity contribution in [2.45, 2.75) is 25.9 Å². The fourth-order valence-electron chi connectivity index (χ4n) is 2.52. The monoisotopic (exact) mass is 412 g/mol. The Morgan fingerprint density at radius 2 is 1.62 bits per heavy atom. The summed E-state index contributed by atoms with van der Waals surface area (Å²) in [5, 5.41) is 4.07. The molecule has 1 N–H and O–H groups in total. The summed E-state index contributed by atoms with van der Waals surface area (Å²) < 4.78 is 0. The van der Waals surface area contributed by atoms with Gasteiger partial charge in [0.25, 0.3) is 0 Å². The number of halogens is 3. The molecule has 2 amide bonds. The molecule has 1 unspecified atom stereocenters. The Morgan fingerprint density at radius 3 is 2.15 bits per heavy atom. The van der Waals surface area contributed by atoms with Crippen molar-refractivity contribution in [2.75, 3.05) is 7.05 Å². The zero-order chi connectivity index (χ0) is 19.3. The van der Waals surface area contributed by atoms with Crippen LogP contribution in [0.4, 0.5) is 0 Å². The summed E-state index contributed by atoms with van der Waals surface area (Å²) in [6, 6.07) is 11.5. The van der Waals surface area contributed by atoms with Crippen molar-refractivity contribution in [3.05, 3.63) is 68.7 Å². The van der Waals surface area contributed by atoms with Crippen LogP contribution in [0.1, 0.15) is 18.1 Å². The first-order chi connectivity index (χ1) is 12.3. The summed E-state index contributed by atoms with van der Waals surface area (Å²) in [6.07, 6.45) is 0.139. The van der Waals surface area contributed by atoms with E-state index in [1.807, 2.05) is 0 Å². The van der Waals surface area contributed by atoms with Crippen molar-refractivity contribution in [3.63, 3.8) is 0 Å². The normalized spacial score (nSPS) is 11.7. The lowest BCUT2D eigenvalue weighted by atomic mass is 10.1. The highest BCUT2D eigenvalue weighted by Crippen LogP contribution is 2.27. The van der Waals surface area contributed by atoms with Gasteiger partial charge in [-0.3, -0.25) is 9.59 Å². The molecule has 1 atom stereocenters. The molecule has 2 aromatic rings. The van der Waals surface area contributed by atoms with Crippen LogP contribution in [0, 0.1) is 0 Å². The molecule has 2 aromatic carbocycles. The molecule has 4 nitrogen and oxygen atoms in total. The summed E-state index contributed by atoms with van der Waals surface area (Å²) in [6.45, 7) is 1.81. The fourth-order valence-corrected chi connectivity index (χ4v) is 3.17. The van der Waals surface area contributed by atoms with Crippen molar-refractivity contribution < 1.29 is 9.59 Å². The number of rotatable bonds is 6. The van der Waals surface area contributed by atoms with Gasteiger partial charge in [0.05, 0.1) is 6.42 Å². The Labute approximate surface area is 168 Å². The van der Waals surface area contributed by atoms with Gasteiger partial charge >= 0.3 is 0 Å². The molecule has 0 aliphatic heterocycles. The SMILES string of the molecule is CNC(=O)C(C)N(Cc1c(Cl)cccc1Cl)C(=O)Cc1ccc(Cl)cc1. The molecular formula is C19H19Cl3N2O2. The third-order valence-electron chi connectivity index (χ3n) is 4.07. The zero-order valence-electron chi connectivity index (χ0n) is 14.4. The average molecular weight is 414 g/mol. The van der Waals surface area contributed by atoms with E-state index in [2.05, 4.69) is 5.32 Å². The van der Waals surface area contributed by atoms with Gasteiger partial charge in [0, 0.05) is 34.2 Å². The van der Waals surface area contributed by atoms with Crippen molar-refractivity contribution >= 4 is 46.6 Å². The summed E-state index contributed by atoms with van der Waals surface area (Å²) in [5.41, 5.74) is 1.41. The molecule has 138 valence electrons. The summed E-state index contributed by atoms with van der Waals surface area (Å²) in [4.78, 5) is 26.5. The quantitative estimate of drug-likeness (QED) is 0.765. The Kier molecular flexibility index (Phi) is 7.33. The lowest BCUT2D eigenvalue weighted by Crippen LogP contribution is -2.47. The third kappa shape index (κ3) is 5.13. The van der Waals surface area contributed by atoms with Gasteiger partial charge in [-0.05, 0) is 36.8 Å². The van der Waals surface area contributed by atoms with Gasteiger partial charge in [0.2, 0.25) is 11.8 Å². The standard InChI is InChI=1S/C19H19Cl3N2O2/c1-12(19(26)23-2)24(11-15-16(21)4-3-5-17(15)22)18(25)10-13-6-8-14(20)9-7-13/h3-9,12H,10-11H2,1-2H3,(H,23,26). The minimum Gasteiger partial charge on any atom is -0.357 e. The number of hydrogen-bond donors (Lipinski definition) is 1. The minimum atomic E-state index is -0.674. The molecule has 0 spiro atoms. The molecule has 0 aliphatic carbocycles. The number of benzene rings is 2. The van der Waals surface area contributed by atoms with Crippen LogP contribution >= 0.6 is 34.8 Å². The van der Waals surface area contributed by atoms with Crippen molar-refractivity contribution in [2.24, 2.45) is 0 Å².